The number of ether oxygens (including phenoxy) is 1. The SMILES string of the molecule is CCN(CC)CCCNC1CCOC(C)(CC)C1. The van der Waals surface area contributed by atoms with Crippen molar-refractivity contribution in [2.45, 2.75) is 65.0 Å². The summed E-state index contributed by atoms with van der Waals surface area (Å²) in [5.41, 5.74) is 0.106. The third-order valence-electron chi connectivity index (χ3n) is 4.32. The van der Waals surface area contributed by atoms with Crippen molar-refractivity contribution >= 4 is 0 Å². The molecule has 1 fully saturated rings. The molecule has 0 aliphatic carbocycles. The standard InChI is InChI=1S/C15H32N2O/c1-5-15(4)13-14(9-12-18-15)16-10-8-11-17(6-2)7-3/h14,16H,5-13H2,1-4H3. The van der Waals surface area contributed by atoms with Crippen LogP contribution in [0, 0.1) is 0 Å². The summed E-state index contributed by atoms with van der Waals surface area (Å²) in [4.78, 5) is 2.49. The first-order valence-electron chi connectivity index (χ1n) is 7.73. The highest BCUT2D eigenvalue weighted by Crippen LogP contribution is 2.27. The van der Waals surface area contributed by atoms with Crippen molar-refractivity contribution in [2.24, 2.45) is 0 Å². The molecule has 1 saturated heterocycles. The first kappa shape index (κ1) is 15.9. The van der Waals surface area contributed by atoms with Gasteiger partial charge < -0.3 is 15.0 Å². The largest absolute Gasteiger partial charge is 0.375 e. The highest BCUT2D eigenvalue weighted by Gasteiger charge is 2.31. The van der Waals surface area contributed by atoms with Crippen molar-refractivity contribution in [1.29, 1.82) is 0 Å². The molecule has 1 heterocycles. The van der Waals surface area contributed by atoms with Crippen LogP contribution in [0.15, 0.2) is 0 Å². The van der Waals surface area contributed by atoms with Crippen molar-refractivity contribution < 1.29 is 4.74 Å². The smallest absolute Gasteiger partial charge is 0.0666 e. The maximum Gasteiger partial charge on any atom is 0.0666 e. The fourth-order valence-corrected chi connectivity index (χ4v) is 2.70. The molecule has 0 spiro atoms. The Kier molecular flexibility index (Phi) is 7.20. The molecule has 2 unspecified atom stereocenters. The molecule has 0 aromatic heterocycles. The molecule has 3 nitrogen and oxygen atoms in total. The lowest BCUT2D eigenvalue weighted by molar-refractivity contribution is -0.0778. The zero-order valence-electron chi connectivity index (χ0n) is 12.8. The Balaban J connectivity index is 2.15. The summed E-state index contributed by atoms with van der Waals surface area (Å²) < 4.78 is 5.88. The van der Waals surface area contributed by atoms with Gasteiger partial charge in [0.25, 0.3) is 0 Å². The van der Waals surface area contributed by atoms with Crippen molar-refractivity contribution in [3.63, 3.8) is 0 Å². The minimum atomic E-state index is 0.106. The predicted octanol–water partition coefficient (Wildman–Crippen LogP) is 2.66. The quantitative estimate of drug-likeness (QED) is 0.676. The van der Waals surface area contributed by atoms with Crippen LogP contribution in [0.3, 0.4) is 0 Å². The van der Waals surface area contributed by atoms with Crippen LogP contribution in [0.4, 0.5) is 0 Å². The first-order valence-corrected chi connectivity index (χ1v) is 7.73. The third-order valence-corrected chi connectivity index (χ3v) is 4.32. The van der Waals surface area contributed by atoms with Crippen molar-refractivity contribution in [3.8, 4) is 0 Å². The maximum absolute atomic E-state index is 5.88. The second-order valence-electron chi connectivity index (χ2n) is 5.68. The minimum Gasteiger partial charge on any atom is -0.375 e. The molecule has 1 aliphatic rings. The molecule has 2 atom stereocenters. The highest BCUT2D eigenvalue weighted by atomic mass is 16.5. The summed E-state index contributed by atoms with van der Waals surface area (Å²) in [5.74, 6) is 0. The molecule has 0 bridgehead atoms. The van der Waals surface area contributed by atoms with Crippen LogP contribution >= 0.6 is 0 Å². The summed E-state index contributed by atoms with van der Waals surface area (Å²) in [6.45, 7) is 14.6. The number of nitrogens with zero attached hydrogens (tertiary/aromatic N) is 1. The molecule has 1 N–H and O–H groups in total. The van der Waals surface area contributed by atoms with Gasteiger partial charge in [0.05, 0.1) is 5.60 Å². The van der Waals surface area contributed by atoms with E-state index >= 15 is 0 Å². The van der Waals surface area contributed by atoms with Crippen molar-refractivity contribution in [3.05, 3.63) is 0 Å². The highest BCUT2D eigenvalue weighted by molar-refractivity contribution is 4.85. The Labute approximate surface area is 113 Å². The van der Waals surface area contributed by atoms with E-state index in [9.17, 15) is 0 Å². The predicted molar refractivity (Wildman–Crippen MR) is 78.1 cm³/mol. The molecule has 18 heavy (non-hydrogen) atoms. The summed E-state index contributed by atoms with van der Waals surface area (Å²) in [6, 6.07) is 0.653. The molecule has 0 radical (unpaired) electrons. The second kappa shape index (κ2) is 8.13. The average Bonchev–Trinajstić information content (AvgIpc) is 2.39. The van der Waals surface area contributed by atoms with E-state index in [0.29, 0.717) is 6.04 Å². The van der Waals surface area contributed by atoms with Gasteiger partial charge in [0.15, 0.2) is 0 Å². The fraction of sp³-hybridized carbons (Fsp3) is 1.00. The fourth-order valence-electron chi connectivity index (χ4n) is 2.70. The molecular weight excluding hydrogens is 224 g/mol. The van der Waals surface area contributed by atoms with E-state index in [0.717, 1.165) is 26.0 Å². The van der Waals surface area contributed by atoms with Gasteiger partial charge in [0, 0.05) is 12.6 Å². The Bertz CT molecular complexity index is 219. The van der Waals surface area contributed by atoms with Crippen LogP contribution in [-0.4, -0.2) is 49.3 Å². The maximum atomic E-state index is 5.88. The summed E-state index contributed by atoms with van der Waals surface area (Å²) in [6.07, 6.45) is 4.70. The Hall–Kier alpha value is -0.120. The normalized spacial score (nSPS) is 28.8. The Morgan fingerprint density at radius 1 is 1.28 bits per heavy atom. The lowest BCUT2D eigenvalue weighted by atomic mass is 9.90. The topological polar surface area (TPSA) is 24.5 Å². The third kappa shape index (κ3) is 5.25. The van der Waals surface area contributed by atoms with Gasteiger partial charge in [-0.3, -0.25) is 0 Å². The van der Waals surface area contributed by atoms with E-state index in [1.54, 1.807) is 0 Å². The van der Waals surface area contributed by atoms with Crippen molar-refractivity contribution in [2.75, 3.05) is 32.8 Å². The number of nitrogens with one attached hydrogen (secondary N) is 1. The van der Waals surface area contributed by atoms with Crippen LogP contribution in [0.2, 0.25) is 0 Å². The summed E-state index contributed by atoms with van der Waals surface area (Å²) in [7, 11) is 0. The van der Waals surface area contributed by atoms with E-state index in [1.165, 1.54) is 32.5 Å². The zero-order chi connectivity index (χ0) is 13.4. The van der Waals surface area contributed by atoms with Crippen LogP contribution in [0.1, 0.15) is 53.4 Å². The van der Waals surface area contributed by atoms with Gasteiger partial charge in [-0.25, -0.2) is 0 Å². The summed E-state index contributed by atoms with van der Waals surface area (Å²) in [5, 5.41) is 3.71. The van der Waals surface area contributed by atoms with E-state index in [2.05, 4.69) is 37.9 Å². The number of hydrogen-bond acceptors (Lipinski definition) is 3. The minimum absolute atomic E-state index is 0.106. The number of hydrogen-bond donors (Lipinski definition) is 1. The lowest BCUT2D eigenvalue weighted by Gasteiger charge is -2.38. The average molecular weight is 256 g/mol. The molecule has 0 aromatic rings. The number of rotatable bonds is 8. The van der Waals surface area contributed by atoms with Gasteiger partial charge in [-0.1, -0.05) is 20.8 Å². The summed E-state index contributed by atoms with van der Waals surface area (Å²) >= 11 is 0. The van der Waals surface area contributed by atoms with Gasteiger partial charge in [-0.2, -0.15) is 0 Å². The molecular formula is C15H32N2O. The molecule has 1 rings (SSSR count). The van der Waals surface area contributed by atoms with Crippen molar-refractivity contribution in [1.82, 2.24) is 10.2 Å². The van der Waals surface area contributed by atoms with Gasteiger partial charge >= 0.3 is 0 Å². The van der Waals surface area contributed by atoms with E-state index in [4.69, 9.17) is 4.74 Å². The Morgan fingerprint density at radius 2 is 2.00 bits per heavy atom. The molecule has 0 amide bonds. The van der Waals surface area contributed by atoms with Gasteiger partial charge in [-0.05, 0) is 58.8 Å². The molecule has 0 aromatic carbocycles. The lowest BCUT2D eigenvalue weighted by Crippen LogP contribution is -2.45. The molecule has 1 aliphatic heterocycles. The first-order chi connectivity index (χ1) is 8.63. The van der Waals surface area contributed by atoms with Crippen LogP contribution in [0.25, 0.3) is 0 Å². The second-order valence-corrected chi connectivity index (χ2v) is 5.68. The molecule has 3 heteroatoms. The zero-order valence-corrected chi connectivity index (χ0v) is 12.8. The van der Waals surface area contributed by atoms with Gasteiger partial charge in [0.1, 0.15) is 0 Å². The van der Waals surface area contributed by atoms with Gasteiger partial charge in [-0.15, -0.1) is 0 Å². The van der Waals surface area contributed by atoms with E-state index < -0.39 is 0 Å². The molecule has 0 saturated carbocycles. The van der Waals surface area contributed by atoms with Crippen LogP contribution < -0.4 is 5.32 Å². The van der Waals surface area contributed by atoms with E-state index in [-0.39, 0.29) is 5.60 Å². The van der Waals surface area contributed by atoms with Crippen LogP contribution in [-0.2, 0) is 4.74 Å². The van der Waals surface area contributed by atoms with Crippen LogP contribution in [0.5, 0.6) is 0 Å². The Morgan fingerprint density at radius 3 is 2.61 bits per heavy atom. The van der Waals surface area contributed by atoms with Gasteiger partial charge in [0.2, 0.25) is 0 Å². The van der Waals surface area contributed by atoms with E-state index in [1.807, 2.05) is 0 Å². The monoisotopic (exact) mass is 256 g/mol. The molecule has 108 valence electrons.